The van der Waals surface area contributed by atoms with Crippen molar-refractivity contribution < 1.29 is 9.21 Å². The number of nitrogen functional groups attached to an aromatic ring is 1. The second-order valence-corrected chi connectivity index (χ2v) is 5.63. The van der Waals surface area contributed by atoms with E-state index in [1.54, 1.807) is 24.3 Å². The predicted molar refractivity (Wildman–Crippen MR) is 82.9 cm³/mol. The largest absolute Gasteiger partial charge is 0.453 e. The van der Waals surface area contributed by atoms with Crippen LogP contribution in [0.3, 0.4) is 0 Å². The molecule has 3 rings (SSSR count). The zero-order valence-electron chi connectivity index (χ0n) is 10.8. The van der Waals surface area contributed by atoms with Gasteiger partial charge in [-0.15, -0.1) is 0 Å². The molecule has 0 saturated carbocycles. The summed E-state index contributed by atoms with van der Waals surface area (Å²) < 4.78 is 6.45. The number of carbonyl (C=O) groups excluding carboxylic acids is 1. The number of ketones is 1. The Bertz CT molecular complexity index is 820. The molecule has 2 aromatic carbocycles. The van der Waals surface area contributed by atoms with Gasteiger partial charge in [-0.3, -0.25) is 4.79 Å². The van der Waals surface area contributed by atoms with E-state index in [1.165, 1.54) is 0 Å². The van der Waals surface area contributed by atoms with Gasteiger partial charge in [-0.1, -0.05) is 27.6 Å². The molecule has 0 saturated heterocycles. The first-order valence-corrected chi connectivity index (χ1v) is 6.94. The van der Waals surface area contributed by atoms with E-state index in [9.17, 15) is 4.79 Å². The van der Waals surface area contributed by atoms with Gasteiger partial charge >= 0.3 is 0 Å². The van der Waals surface area contributed by atoms with Crippen LogP contribution in [0.4, 0.5) is 5.69 Å². The van der Waals surface area contributed by atoms with Crippen LogP contribution < -0.4 is 5.73 Å². The maximum atomic E-state index is 12.4. The van der Waals surface area contributed by atoms with Crippen molar-refractivity contribution in [3.05, 3.63) is 63.8 Å². The topological polar surface area (TPSA) is 56.2 Å². The van der Waals surface area contributed by atoms with Crippen LogP contribution in [0.1, 0.15) is 21.7 Å². The average Bonchev–Trinajstić information content (AvgIpc) is 2.81. The van der Waals surface area contributed by atoms with Crippen molar-refractivity contribution in [2.24, 2.45) is 0 Å². The number of fused-ring (bicyclic) bond motifs is 1. The molecule has 3 aromatic rings. The summed E-state index contributed by atoms with van der Waals surface area (Å²) in [6.07, 6.45) is 0. The molecule has 0 atom stereocenters. The van der Waals surface area contributed by atoms with E-state index in [1.807, 2.05) is 25.1 Å². The number of hydrogen-bond donors (Lipinski definition) is 1. The van der Waals surface area contributed by atoms with Gasteiger partial charge in [0.2, 0.25) is 5.78 Å². The monoisotopic (exact) mass is 329 g/mol. The van der Waals surface area contributed by atoms with Crippen LogP contribution in [0, 0.1) is 6.92 Å². The number of carbonyl (C=O) groups is 1. The molecule has 0 radical (unpaired) electrons. The van der Waals surface area contributed by atoms with Gasteiger partial charge in [-0.05, 0) is 43.3 Å². The third-order valence-corrected chi connectivity index (χ3v) is 3.65. The second kappa shape index (κ2) is 4.80. The number of rotatable bonds is 2. The van der Waals surface area contributed by atoms with Crippen LogP contribution >= 0.6 is 15.9 Å². The SMILES string of the molecule is Cc1ccc2oc(C(=O)c3ccc(Br)cc3N)cc2c1. The first-order valence-electron chi connectivity index (χ1n) is 6.14. The molecule has 4 heteroatoms. The summed E-state index contributed by atoms with van der Waals surface area (Å²) in [5.74, 6) is 0.100. The van der Waals surface area contributed by atoms with Crippen molar-refractivity contribution in [1.82, 2.24) is 0 Å². The molecule has 1 aromatic heterocycles. The maximum Gasteiger partial charge on any atom is 0.230 e. The fourth-order valence-electron chi connectivity index (χ4n) is 2.15. The molecule has 100 valence electrons. The van der Waals surface area contributed by atoms with E-state index in [0.717, 1.165) is 15.4 Å². The number of nitrogens with two attached hydrogens (primary N) is 1. The van der Waals surface area contributed by atoms with Gasteiger partial charge < -0.3 is 10.2 Å². The van der Waals surface area contributed by atoms with E-state index in [0.29, 0.717) is 22.6 Å². The molecule has 0 bridgehead atoms. The van der Waals surface area contributed by atoms with Crippen LogP contribution in [0.5, 0.6) is 0 Å². The maximum absolute atomic E-state index is 12.4. The summed E-state index contributed by atoms with van der Waals surface area (Å²) in [5.41, 5.74) is 8.59. The molecular weight excluding hydrogens is 318 g/mol. The number of furan rings is 1. The van der Waals surface area contributed by atoms with Crippen LogP contribution in [-0.2, 0) is 0 Å². The minimum Gasteiger partial charge on any atom is -0.453 e. The van der Waals surface area contributed by atoms with Crippen molar-refractivity contribution in [2.45, 2.75) is 6.92 Å². The minimum atomic E-state index is -0.205. The molecule has 2 N–H and O–H groups in total. The lowest BCUT2D eigenvalue weighted by Gasteiger charge is -2.02. The molecule has 0 amide bonds. The number of halogens is 1. The smallest absolute Gasteiger partial charge is 0.230 e. The highest BCUT2D eigenvalue weighted by molar-refractivity contribution is 9.10. The van der Waals surface area contributed by atoms with Crippen molar-refractivity contribution in [3.8, 4) is 0 Å². The van der Waals surface area contributed by atoms with E-state index >= 15 is 0 Å². The van der Waals surface area contributed by atoms with Crippen molar-refractivity contribution in [1.29, 1.82) is 0 Å². The van der Waals surface area contributed by atoms with Gasteiger partial charge in [-0.25, -0.2) is 0 Å². The zero-order chi connectivity index (χ0) is 14.3. The lowest BCUT2D eigenvalue weighted by atomic mass is 10.1. The lowest BCUT2D eigenvalue weighted by Crippen LogP contribution is -2.04. The molecule has 1 heterocycles. The van der Waals surface area contributed by atoms with Crippen LogP contribution in [0.15, 0.2) is 51.4 Å². The first-order chi connectivity index (χ1) is 9.54. The summed E-state index contributed by atoms with van der Waals surface area (Å²) in [6.45, 7) is 2.00. The Balaban J connectivity index is 2.08. The Labute approximate surface area is 124 Å². The van der Waals surface area contributed by atoms with E-state index in [-0.39, 0.29) is 5.78 Å². The Kier molecular flexibility index (Phi) is 3.10. The molecule has 0 spiro atoms. The Morgan fingerprint density at radius 3 is 2.70 bits per heavy atom. The quantitative estimate of drug-likeness (QED) is 0.562. The highest BCUT2D eigenvalue weighted by Gasteiger charge is 2.17. The van der Waals surface area contributed by atoms with Gasteiger partial charge in [0.15, 0.2) is 5.76 Å². The number of anilines is 1. The van der Waals surface area contributed by atoms with Crippen molar-refractivity contribution in [3.63, 3.8) is 0 Å². The van der Waals surface area contributed by atoms with Gasteiger partial charge in [0, 0.05) is 21.1 Å². The number of hydrogen-bond acceptors (Lipinski definition) is 3. The summed E-state index contributed by atoms with van der Waals surface area (Å²) in [5, 5.41) is 0.920. The third-order valence-electron chi connectivity index (χ3n) is 3.15. The number of aryl methyl sites for hydroxylation is 1. The Hall–Kier alpha value is -2.07. The highest BCUT2D eigenvalue weighted by Crippen LogP contribution is 2.25. The summed E-state index contributed by atoms with van der Waals surface area (Å²) in [7, 11) is 0. The van der Waals surface area contributed by atoms with Crippen molar-refractivity contribution in [2.75, 3.05) is 5.73 Å². The Morgan fingerprint density at radius 1 is 1.15 bits per heavy atom. The minimum absolute atomic E-state index is 0.205. The van der Waals surface area contributed by atoms with Crippen LogP contribution in [0.25, 0.3) is 11.0 Å². The predicted octanol–water partition coefficient (Wildman–Crippen LogP) is 4.32. The number of benzene rings is 2. The summed E-state index contributed by atoms with van der Waals surface area (Å²) in [4.78, 5) is 12.4. The third kappa shape index (κ3) is 2.23. The van der Waals surface area contributed by atoms with Gasteiger partial charge in [0.1, 0.15) is 5.58 Å². The molecule has 0 aliphatic rings. The highest BCUT2D eigenvalue weighted by atomic mass is 79.9. The molecule has 0 unspecified atom stereocenters. The summed E-state index contributed by atoms with van der Waals surface area (Å²) >= 11 is 3.32. The van der Waals surface area contributed by atoms with Gasteiger partial charge in [0.05, 0.1) is 0 Å². The summed E-state index contributed by atoms with van der Waals surface area (Å²) in [6, 6.07) is 12.8. The van der Waals surface area contributed by atoms with Crippen LogP contribution in [0.2, 0.25) is 0 Å². The normalized spacial score (nSPS) is 10.9. The van der Waals surface area contributed by atoms with Crippen LogP contribution in [-0.4, -0.2) is 5.78 Å². The van der Waals surface area contributed by atoms with Gasteiger partial charge in [0.25, 0.3) is 0 Å². The molecule has 3 nitrogen and oxygen atoms in total. The van der Waals surface area contributed by atoms with E-state index in [4.69, 9.17) is 10.2 Å². The zero-order valence-corrected chi connectivity index (χ0v) is 12.4. The molecule has 0 aliphatic heterocycles. The molecule has 0 aliphatic carbocycles. The molecular formula is C16H12BrNO2. The average molecular weight is 330 g/mol. The fourth-order valence-corrected chi connectivity index (χ4v) is 2.53. The first kappa shape index (κ1) is 12.9. The van der Waals surface area contributed by atoms with E-state index < -0.39 is 0 Å². The molecule has 20 heavy (non-hydrogen) atoms. The van der Waals surface area contributed by atoms with Gasteiger partial charge in [-0.2, -0.15) is 0 Å². The Morgan fingerprint density at radius 2 is 1.95 bits per heavy atom. The lowest BCUT2D eigenvalue weighted by molar-refractivity contribution is 0.101. The second-order valence-electron chi connectivity index (χ2n) is 4.71. The fraction of sp³-hybridized carbons (Fsp3) is 0.0625. The van der Waals surface area contributed by atoms with Crippen molar-refractivity contribution >= 4 is 38.4 Å². The van der Waals surface area contributed by atoms with E-state index in [2.05, 4.69) is 15.9 Å². The molecule has 0 fully saturated rings. The standard InChI is InChI=1S/C16H12BrNO2/c1-9-2-5-14-10(6-9)7-15(20-14)16(19)12-4-3-11(17)8-13(12)18/h2-8H,18H2,1H3.